The molecule has 0 aliphatic carbocycles. The van der Waals surface area contributed by atoms with Crippen molar-refractivity contribution in [3.63, 3.8) is 0 Å². The van der Waals surface area contributed by atoms with E-state index in [4.69, 9.17) is 0 Å². The van der Waals surface area contributed by atoms with E-state index in [1.807, 2.05) is 19.1 Å². The monoisotopic (exact) mass is 192 g/mol. The molecule has 0 aliphatic rings. The maximum atomic E-state index is 9.37. The van der Waals surface area contributed by atoms with Crippen LogP contribution in [0.4, 0.5) is 0 Å². The van der Waals surface area contributed by atoms with Gasteiger partial charge in [-0.15, -0.1) is 0 Å². The van der Waals surface area contributed by atoms with Crippen LogP contribution in [0.15, 0.2) is 18.2 Å². The van der Waals surface area contributed by atoms with Gasteiger partial charge in [-0.05, 0) is 24.6 Å². The normalized spacial score (nSPS) is 9.08. The van der Waals surface area contributed by atoms with E-state index in [0.29, 0.717) is 5.75 Å². The summed E-state index contributed by atoms with van der Waals surface area (Å²) in [6.45, 7) is 1.86. The summed E-state index contributed by atoms with van der Waals surface area (Å²) >= 11 is 4.05. The van der Waals surface area contributed by atoms with Gasteiger partial charge in [-0.3, -0.25) is 0 Å². The maximum absolute atomic E-state index is 9.37. The molecule has 0 heterocycles. The average molecular weight is 192 g/mol. The third-order valence-corrected chi connectivity index (χ3v) is 1.90. The lowest BCUT2D eigenvalue weighted by Gasteiger charge is -1.97. The zero-order chi connectivity index (χ0) is 9.68. The molecule has 1 aromatic rings. The Kier molecular flexibility index (Phi) is 3.72. The van der Waals surface area contributed by atoms with Crippen LogP contribution in [-0.4, -0.2) is 10.9 Å². The van der Waals surface area contributed by atoms with Crippen molar-refractivity contribution < 1.29 is 5.11 Å². The number of hydrogen-bond acceptors (Lipinski definition) is 2. The number of aromatic hydroxyl groups is 1. The molecule has 0 atom stereocenters. The van der Waals surface area contributed by atoms with Gasteiger partial charge in [-0.2, -0.15) is 12.6 Å². The molecular formula is C11H12OS. The van der Waals surface area contributed by atoms with Crippen molar-refractivity contribution in [2.24, 2.45) is 0 Å². The average Bonchev–Trinajstić information content (AvgIpc) is 2.12. The zero-order valence-corrected chi connectivity index (χ0v) is 8.44. The molecule has 1 N–H and O–H groups in total. The molecule has 1 nitrogen and oxygen atoms in total. The molecule has 13 heavy (non-hydrogen) atoms. The van der Waals surface area contributed by atoms with Gasteiger partial charge < -0.3 is 5.11 Å². The summed E-state index contributed by atoms with van der Waals surface area (Å²) in [6.07, 6.45) is 0.776. The van der Waals surface area contributed by atoms with Gasteiger partial charge >= 0.3 is 0 Å². The second-order valence-corrected chi connectivity index (χ2v) is 3.22. The molecule has 0 aromatic heterocycles. The fraction of sp³-hybridized carbons (Fsp3) is 0.273. The predicted octanol–water partition coefficient (Wildman–Crippen LogP) is 2.37. The summed E-state index contributed by atoms with van der Waals surface area (Å²) in [5, 5.41) is 9.37. The minimum absolute atomic E-state index is 0.303. The summed E-state index contributed by atoms with van der Waals surface area (Å²) in [7, 11) is 0. The van der Waals surface area contributed by atoms with Crippen LogP contribution in [0.3, 0.4) is 0 Å². The standard InChI is InChI=1S/C11H12OS/c1-9-5-6-10(8-11(9)12)4-2-3-7-13/h5-6,8,12-13H,3,7H2,1H3. The molecular weight excluding hydrogens is 180 g/mol. The van der Waals surface area contributed by atoms with E-state index in [1.54, 1.807) is 6.07 Å². The molecule has 0 bridgehead atoms. The third kappa shape index (κ3) is 3.04. The van der Waals surface area contributed by atoms with Crippen LogP contribution in [-0.2, 0) is 0 Å². The van der Waals surface area contributed by atoms with Crippen molar-refractivity contribution in [1.29, 1.82) is 0 Å². The Labute approximate surface area is 84.2 Å². The number of phenolic OH excluding ortho intramolecular Hbond substituents is 1. The van der Waals surface area contributed by atoms with Crippen LogP contribution >= 0.6 is 12.6 Å². The zero-order valence-electron chi connectivity index (χ0n) is 7.54. The quantitative estimate of drug-likeness (QED) is 0.517. The number of phenols is 1. The highest BCUT2D eigenvalue weighted by Crippen LogP contribution is 2.16. The molecule has 0 saturated carbocycles. The molecule has 2 heteroatoms. The first-order valence-corrected chi connectivity index (χ1v) is 4.76. The van der Waals surface area contributed by atoms with Crippen molar-refractivity contribution in [3.8, 4) is 17.6 Å². The van der Waals surface area contributed by atoms with E-state index in [-0.39, 0.29) is 0 Å². The molecule has 0 unspecified atom stereocenters. The van der Waals surface area contributed by atoms with Crippen LogP contribution in [0.1, 0.15) is 17.5 Å². The summed E-state index contributed by atoms with van der Waals surface area (Å²) < 4.78 is 0. The molecule has 1 aromatic carbocycles. The van der Waals surface area contributed by atoms with E-state index in [0.717, 1.165) is 23.3 Å². The van der Waals surface area contributed by atoms with Gasteiger partial charge in [0.05, 0.1) is 0 Å². The first-order valence-electron chi connectivity index (χ1n) is 4.13. The minimum Gasteiger partial charge on any atom is -0.508 e. The Morgan fingerprint density at radius 3 is 2.85 bits per heavy atom. The fourth-order valence-electron chi connectivity index (χ4n) is 0.908. The van der Waals surface area contributed by atoms with Crippen molar-refractivity contribution in [3.05, 3.63) is 29.3 Å². The first kappa shape index (κ1) is 10.0. The lowest BCUT2D eigenvalue weighted by Crippen LogP contribution is -1.78. The van der Waals surface area contributed by atoms with Gasteiger partial charge in [-0.1, -0.05) is 17.9 Å². The Balaban J connectivity index is 2.81. The lowest BCUT2D eigenvalue weighted by molar-refractivity contribution is 0.471. The highest BCUT2D eigenvalue weighted by molar-refractivity contribution is 7.80. The first-order chi connectivity index (χ1) is 6.24. The lowest BCUT2D eigenvalue weighted by atomic mass is 10.1. The topological polar surface area (TPSA) is 20.2 Å². The van der Waals surface area contributed by atoms with Crippen LogP contribution < -0.4 is 0 Å². The van der Waals surface area contributed by atoms with Crippen LogP contribution in [0, 0.1) is 18.8 Å². The van der Waals surface area contributed by atoms with Gasteiger partial charge in [0.25, 0.3) is 0 Å². The van der Waals surface area contributed by atoms with Crippen molar-refractivity contribution in [1.82, 2.24) is 0 Å². The number of hydrogen-bond donors (Lipinski definition) is 2. The molecule has 0 saturated heterocycles. The van der Waals surface area contributed by atoms with E-state index >= 15 is 0 Å². The summed E-state index contributed by atoms with van der Waals surface area (Å²) in [4.78, 5) is 0. The SMILES string of the molecule is Cc1ccc(C#CCCS)cc1O. The maximum Gasteiger partial charge on any atom is 0.119 e. The fourth-order valence-corrected chi connectivity index (χ4v) is 1.02. The predicted molar refractivity (Wildman–Crippen MR) is 58.2 cm³/mol. The van der Waals surface area contributed by atoms with Crippen molar-refractivity contribution in [2.75, 3.05) is 5.75 Å². The van der Waals surface area contributed by atoms with Crippen molar-refractivity contribution >= 4 is 12.6 Å². The summed E-state index contributed by atoms with van der Waals surface area (Å²) in [5.41, 5.74) is 1.73. The molecule has 0 spiro atoms. The van der Waals surface area contributed by atoms with Crippen molar-refractivity contribution in [2.45, 2.75) is 13.3 Å². The highest BCUT2D eigenvalue weighted by atomic mass is 32.1. The second-order valence-electron chi connectivity index (χ2n) is 2.78. The number of thiol groups is 1. The number of benzene rings is 1. The molecule has 0 aliphatic heterocycles. The van der Waals surface area contributed by atoms with Crippen LogP contribution in [0.25, 0.3) is 0 Å². The Morgan fingerprint density at radius 1 is 1.46 bits per heavy atom. The Hall–Kier alpha value is -1.07. The smallest absolute Gasteiger partial charge is 0.119 e. The highest BCUT2D eigenvalue weighted by Gasteiger charge is 1.94. The summed E-state index contributed by atoms with van der Waals surface area (Å²) in [6, 6.07) is 5.45. The van der Waals surface area contributed by atoms with Gasteiger partial charge in [0, 0.05) is 17.7 Å². The third-order valence-electron chi connectivity index (χ3n) is 1.68. The van der Waals surface area contributed by atoms with Gasteiger partial charge in [0.2, 0.25) is 0 Å². The molecule has 0 amide bonds. The minimum atomic E-state index is 0.303. The van der Waals surface area contributed by atoms with E-state index in [1.165, 1.54) is 0 Å². The second kappa shape index (κ2) is 4.84. The molecule has 0 radical (unpaired) electrons. The summed E-state index contributed by atoms with van der Waals surface area (Å²) in [5.74, 6) is 6.99. The van der Waals surface area contributed by atoms with Gasteiger partial charge in [0.1, 0.15) is 5.75 Å². The van der Waals surface area contributed by atoms with Gasteiger partial charge in [-0.25, -0.2) is 0 Å². The Bertz CT molecular complexity index is 347. The Morgan fingerprint density at radius 2 is 2.23 bits per heavy atom. The number of aryl methyl sites for hydroxylation is 1. The van der Waals surface area contributed by atoms with Crippen LogP contribution in [0.5, 0.6) is 5.75 Å². The molecule has 1 rings (SSSR count). The van der Waals surface area contributed by atoms with Gasteiger partial charge in [0.15, 0.2) is 0 Å². The van der Waals surface area contributed by atoms with E-state index in [9.17, 15) is 5.11 Å². The number of rotatable bonds is 1. The molecule has 68 valence electrons. The van der Waals surface area contributed by atoms with E-state index in [2.05, 4.69) is 24.5 Å². The van der Waals surface area contributed by atoms with Crippen LogP contribution in [0.2, 0.25) is 0 Å². The molecule has 0 fully saturated rings. The largest absolute Gasteiger partial charge is 0.508 e. The van der Waals surface area contributed by atoms with E-state index < -0.39 is 0 Å².